The number of hydrogen-bond donors (Lipinski definition) is 4. The monoisotopic (exact) mass is 371 g/mol. The summed E-state index contributed by atoms with van der Waals surface area (Å²) in [5.74, 6) is -0.127. The van der Waals surface area contributed by atoms with Gasteiger partial charge >= 0.3 is 0 Å². The number of benzene rings is 1. The Morgan fingerprint density at radius 2 is 2.00 bits per heavy atom. The third-order valence-electron chi connectivity index (χ3n) is 5.48. The van der Waals surface area contributed by atoms with Gasteiger partial charge in [0.15, 0.2) is 0 Å². The third kappa shape index (κ3) is 5.56. The van der Waals surface area contributed by atoms with Gasteiger partial charge in [-0.1, -0.05) is 45.1 Å². The zero-order chi connectivity index (χ0) is 19.1. The normalized spacial score (nSPS) is 19.6. The molecule has 1 aromatic carbocycles. The number of unbranched alkanes of at least 4 members (excludes halogenated alkanes) is 5. The van der Waals surface area contributed by atoms with Crippen molar-refractivity contribution in [3.05, 3.63) is 35.5 Å². The lowest BCUT2D eigenvalue weighted by Crippen LogP contribution is -2.45. The molecule has 0 unspecified atom stereocenters. The van der Waals surface area contributed by atoms with Crippen LogP contribution in [0.5, 0.6) is 0 Å². The van der Waals surface area contributed by atoms with Gasteiger partial charge in [0.2, 0.25) is 5.91 Å². The van der Waals surface area contributed by atoms with Crippen LogP contribution >= 0.6 is 0 Å². The SMILES string of the molecule is CCCCCCCCc1cc2cc(CNC(=O)[C@H]3NCC[C@@H]3O)ccc2[nH]1. The lowest BCUT2D eigenvalue weighted by Gasteiger charge is -2.14. The summed E-state index contributed by atoms with van der Waals surface area (Å²) in [6.07, 6.45) is 9.01. The van der Waals surface area contributed by atoms with Crippen molar-refractivity contribution in [3.63, 3.8) is 0 Å². The molecular formula is C22H33N3O2. The smallest absolute Gasteiger partial charge is 0.240 e. The minimum Gasteiger partial charge on any atom is -0.391 e. The lowest BCUT2D eigenvalue weighted by molar-refractivity contribution is -0.124. The summed E-state index contributed by atoms with van der Waals surface area (Å²) in [6.45, 7) is 3.42. The fourth-order valence-electron chi connectivity index (χ4n) is 3.84. The molecule has 4 N–H and O–H groups in total. The van der Waals surface area contributed by atoms with Crippen molar-refractivity contribution < 1.29 is 9.90 Å². The zero-order valence-corrected chi connectivity index (χ0v) is 16.4. The Bertz CT molecular complexity index is 740. The van der Waals surface area contributed by atoms with Crippen LogP contribution in [0.4, 0.5) is 0 Å². The van der Waals surface area contributed by atoms with E-state index in [0.29, 0.717) is 19.5 Å². The average Bonchev–Trinajstić information content (AvgIpc) is 3.27. The fraction of sp³-hybridized carbons (Fsp3) is 0.591. The lowest BCUT2D eigenvalue weighted by atomic mass is 10.1. The molecule has 1 fully saturated rings. The number of nitrogens with one attached hydrogen (secondary N) is 3. The van der Waals surface area contributed by atoms with Crippen molar-refractivity contribution in [2.24, 2.45) is 0 Å². The molecule has 0 radical (unpaired) electrons. The van der Waals surface area contributed by atoms with Gasteiger partial charge in [0.05, 0.1) is 6.10 Å². The van der Waals surface area contributed by atoms with Crippen LogP contribution in [-0.4, -0.2) is 34.7 Å². The van der Waals surface area contributed by atoms with Crippen molar-refractivity contribution in [2.75, 3.05) is 6.54 Å². The van der Waals surface area contributed by atoms with Crippen LogP contribution in [0, 0.1) is 0 Å². The first-order chi connectivity index (χ1) is 13.2. The quantitative estimate of drug-likeness (QED) is 0.483. The molecule has 1 aliphatic heterocycles. The second-order valence-electron chi connectivity index (χ2n) is 7.74. The first kappa shape index (κ1) is 19.9. The molecule has 2 atom stereocenters. The van der Waals surface area contributed by atoms with Crippen LogP contribution in [0.2, 0.25) is 0 Å². The van der Waals surface area contributed by atoms with Gasteiger partial charge in [-0.2, -0.15) is 0 Å². The van der Waals surface area contributed by atoms with Crippen LogP contribution in [-0.2, 0) is 17.8 Å². The van der Waals surface area contributed by atoms with Gasteiger partial charge in [0.1, 0.15) is 6.04 Å². The topological polar surface area (TPSA) is 77.2 Å². The van der Waals surface area contributed by atoms with Gasteiger partial charge < -0.3 is 20.7 Å². The summed E-state index contributed by atoms with van der Waals surface area (Å²) in [7, 11) is 0. The van der Waals surface area contributed by atoms with Gasteiger partial charge in [0, 0.05) is 17.8 Å². The van der Waals surface area contributed by atoms with E-state index in [0.717, 1.165) is 17.5 Å². The Labute approximate surface area is 161 Å². The summed E-state index contributed by atoms with van der Waals surface area (Å²) in [5.41, 5.74) is 3.52. The molecule has 2 heterocycles. The number of aliphatic hydroxyl groups is 1. The summed E-state index contributed by atoms with van der Waals surface area (Å²) >= 11 is 0. The van der Waals surface area contributed by atoms with E-state index in [-0.39, 0.29) is 5.91 Å². The van der Waals surface area contributed by atoms with Crippen LogP contribution in [0.15, 0.2) is 24.3 Å². The number of aromatic amines is 1. The summed E-state index contributed by atoms with van der Waals surface area (Å²) in [5, 5.41) is 17.0. The standard InChI is InChI=1S/C22H33N3O2/c1-2-3-4-5-6-7-8-18-14-17-13-16(9-10-19(17)25-18)15-24-22(27)21-20(26)11-12-23-21/h9-10,13-14,20-21,23,25-26H,2-8,11-12,15H2,1H3,(H,24,27)/t20-,21-/m0/s1. The van der Waals surface area contributed by atoms with Gasteiger partial charge in [-0.15, -0.1) is 0 Å². The molecule has 5 heteroatoms. The first-order valence-electron chi connectivity index (χ1n) is 10.5. The van der Waals surface area contributed by atoms with E-state index >= 15 is 0 Å². The van der Waals surface area contributed by atoms with Crippen LogP contribution in [0.25, 0.3) is 10.9 Å². The number of amides is 1. The maximum absolute atomic E-state index is 12.2. The number of aromatic nitrogens is 1. The largest absolute Gasteiger partial charge is 0.391 e. The Hall–Kier alpha value is -1.85. The number of rotatable bonds is 10. The minimum atomic E-state index is -0.582. The van der Waals surface area contributed by atoms with E-state index in [2.05, 4.69) is 40.7 Å². The van der Waals surface area contributed by atoms with Crippen molar-refractivity contribution >= 4 is 16.8 Å². The maximum atomic E-state index is 12.2. The fourth-order valence-corrected chi connectivity index (χ4v) is 3.84. The number of carbonyl (C=O) groups is 1. The van der Waals surface area contributed by atoms with E-state index in [1.54, 1.807) is 0 Å². The molecule has 1 aliphatic rings. The van der Waals surface area contributed by atoms with Gasteiger partial charge in [-0.3, -0.25) is 4.79 Å². The molecule has 0 bridgehead atoms. The Balaban J connectivity index is 1.49. The van der Waals surface area contributed by atoms with E-state index in [1.165, 1.54) is 49.6 Å². The van der Waals surface area contributed by atoms with Crippen LogP contribution in [0.1, 0.15) is 63.1 Å². The predicted molar refractivity (Wildman–Crippen MR) is 110 cm³/mol. The number of aliphatic hydroxyl groups excluding tert-OH is 1. The highest BCUT2D eigenvalue weighted by atomic mass is 16.3. The number of H-pyrrole nitrogens is 1. The second-order valence-corrected chi connectivity index (χ2v) is 7.74. The van der Waals surface area contributed by atoms with E-state index in [9.17, 15) is 9.90 Å². The summed E-state index contributed by atoms with van der Waals surface area (Å²) in [6, 6.07) is 8.02. The van der Waals surface area contributed by atoms with E-state index < -0.39 is 12.1 Å². The first-order valence-corrected chi connectivity index (χ1v) is 10.5. The third-order valence-corrected chi connectivity index (χ3v) is 5.48. The molecule has 0 spiro atoms. The maximum Gasteiger partial charge on any atom is 0.240 e. The van der Waals surface area contributed by atoms with Crippen LogP contribution in [0.3, 0.4) is 0 Å². The molecule has 0 saturated carbocycles. The summed E-state index contributed by atoms with van der Waals surface area (Å²) < 4.78 is 0. The highest BCUT2D eigenvalue weighted by Crippen LogP contribution is 2.19. The molecule has 0 aliphatic carbocycles. The molecule has 5 nitrogen and oxygen atoms in total. The highest BCUT2D eigenvalue weighted by Gasteiger charge is 2.30. The van der Waals surface area contributed by atoms with Gasteiger partial charge in [-0.05, 0) is 55.0 Å². The molecule has 3 rings (SSSR count). The van der Waals surface area contributed by atoms with Crippen molar-refractivity contribution in [2.45, 2.75) is 77.0 Å². The Morgan fingerprint density at radius 3 is 2.78 bits per heavy atom. The second kappa shape index (κ2) is 9.90. The van der Waals surface area contributed by atoms with Crippen molar-refractivity contribution in [3.8, 4) is 0 Å². The predicted octanol–water partition coefficient (Wildman–Crippen LogP) is 3.41. The molecule has 148 valence electrons. The Morgan fingerprint density at radius 1 is 1.19 bits per heavy atom. The van der Waals surface area contributed by atoms with Crippen molar-refractivity contribution in [1.29, 1.82) is 0 Å². The number of aryl methyl sites for hydroxylation is 1. The molecule has 27 heavy (non-hydrogen) atoms. The van der Waals surface area contributed by atoms with E-state index in [4.69, 9.17) is 0 Å². The molecule has 1 amide bonds. The van der Waals surface area contributed by atoms with Crippen LogP contribution < -0.4 is 10.6 Å². The molecule has 1 aromatic heterocycles. The van der Waals surface area contributed by atoms with Gasteiger partial charge in [0.25, 0.3) is 0 Å². The van der Waals surface area contributed by atoms with E-state index in [1.807, 2.05) is 6.07 Å². The molecular weight excluding hydrogens is 338 g/mol. The average molecular weight is 372 g/mol. The number of fused-ring (bicyclic) bond motifs is 1. The molecule has 1 saturated heterocycles. The van der Waals surface area contributed by atoms with Gasteiger partial charge in [-0.25, -0.2) is 0 Å². The summed E-state index contributed by atoms with van der Waals surface area (Å²) in [4.78, 5) is 15.7. The van der Waals surface area contributed by atoms with Crippen molar-refractivity contribution in [1.82, 2.24) is 15.6 Å². The Kier molecular flexibility index (Phi) is 7.30. The molecule has 2 aromatic rings. The number of hydrogen-bond acceptors (Lipinski definition) is 3. The minimum absolute atomic E-state index is 0.127. The zero-order valence-electron chi connectivity index (χ0n) is 16.4. The highest BCUT2D eigenvalue weighted by molar-refractivity contribution is 5.83. The number of carbonyl (C=O) groups excluding carboxylic acids is 1.